The molecule has 8 heteroatoms. The number of fused-ring (bicyclic) bond motifs is 2. The summed E-state index contributed by atoms with van der Waals surface area (Å²) in [5.74, 6) is 1.42. The van der Waals surface area contributed by atoms with E-state index < -0.39 is 0 Å². The third kappa shape index (κ3) is 3.49. The monoisotopic (exact) mass is 429 g/mol. The number of methoxy groups -OCH3 is 1. The van der Waals surface area contributed by atoms with Crippen molar-refractivity contribution in [3.63, 3.8) is 0 Å². The molecule has 1 atom stereocenters. The first-order chi connectivity index (χ1) is 15.7. The summed E-state index contributed by atoms with van der Waals surface area (Å²) >= 11 is 0. The fraction of sp³-hybridized carbons (Fsp3) is 0.208. The van der Waals surface area contributed by atoms with Crippen LogP contribution in [0.5, 0.6) is 23.1 Å². The number of ether oxygens (including phenoxy) is 2. The van der Waals surface area contributed by atoms with Crippen LogP contribution >= 0.6 is 0 Å². The van der Waals surface area contributed by atoms with E-state index in [1.165, 1.54) is 0 Å². The van der Waals surface area contributed by atoms with E-state index in [0.717, 1.165) is 29.8 Å². The lowest BCUT2D eigenvalue weighted by atomic mass is 9.83. The number of rotatable bonds is 6. The number of aromatic nitrogens is 4. The van der Waals surface area contributed by atoms with E-state index in [-0.39, 0.29) is 11.7 Å². The zero-order valence-electron chi connectivity index (χ0n) is 17.6. The first-order valence-corrected chi connectivity index (χ1v) is 10.4. The maximum atomic E-state index is 10.00. The molecule has 0 radical (unpaired) electrons. The van der Waals surface area contributed by atoms with Gasteiger partial charge in [-0.1, -0.05) is 24.3 Å². The number of para-hydroxylation sites is 1. The molecular weight excluding hydrogens is 406 g/mol. The first-order valence-electron chi connectivity index (χ1n) is 10.4. The Kier molecular flexibility index (Phi) is 5.10. The molecule has 2 aromatic carbocycles. The molecule has 0 bridgehead atoms. The summed E-state index contributed by atoms with van der Waals surface area (Å²) in [7, 11) is 1.64. The standard InChI is InChI=1S/C24H23N5O3/c1-31-19-6-3-2-5-17(19)21-18-8-7-16(30)13-20(18)32-24-22(21)23(25)29(15-27-24)11-4-10-28-12-9-26-14-28/h2-3,5-9,12-15,21,25,30H,4,10-11H2,1H3. The summed E-state index contributed by atoms with van der Waals surface area (Å²) in [6, 6.07) is 12.8. The van der Waals surface area contributed by atoms with Gasteiger partial charge >= 0.3 is 0 Å². The fourth-order valence-corrected chi connectivity index (χ4v) is 4.20. The maximum Gasteiger partial charge on any atom is 0.228 e. The second-order valence-corrected chi connectivity index (χ2v) is 7.66. The molecule has 1 aliphatic rings. The molecule has 2 N–H and O–H groups in total. The molecule has 1 aliphatic heterocycles. The van der Waals surface area contributed by atoms with Gasteiger partial charge in [0, 0.05) is 42.7 Å². The van der Waals surface area contributed by atoms with Gasteiger partial charge in [-0.15, -0.1) is 0 Å². The number of nitrogens with zero attached hydrogens (tertiary/aromatic N) is 4. The predicted molar refractivity (Wildman–Crippen MR) is 117 cm³/mol. The van der Waals surface area contributed by atoms with Crippen molar-refractivity contribution in [2.24, 2.45) is 0 Å². The van der Waals surface area contributed by atoms with Crippen molar-refractivity contribution in [3.8, 4) is 23.1 Å². The third-order valence-electron chi connectivity index (χ3n) is 5.72. The Balaban J connectivity index is 1.59. The lowest BCUT2D eigenvalue weighted by Crippen LogP contribution is -2.30. The first kappa shape index (κ1) is 19.9. The Morgan fingerprint density at radius 2 is 2.00 bits per heavy atom. The summed E-state index contributed by atoms with van der Waals surface area (Å²) < 4.78 is 15.5. The Labute approximate surface area is 184 Å². The van der Waals surface area contributed by atoms with Gasteiger partial charge in [-0.05, 0) is 18.6 Å². The fourth-order valence-electron chi connectivity index (χ4n) is 4.20. The van der Waals surface area contributed by atoms with Gasteiger partial charge in [-0.3, -0.25) is 5.41 Å². The Hall–Kier alpha value is -4.07. The number of imidazole rings is 1. The topological polar surface area (TPSA) is 98.2 Å². The predicted octanol–water partition coefficient (Wildman–Crippen LogP) is 3.65. The van der Waals surface area contributed by atoms with Gasteiger partial charge in [0.2, 0.25) is 5.88 Å². The van der Waals surface area contributed by atoms with Crippen LogP contribution in [0.2, 0.25) is 0 Å². The number of aryl methyl sites for hydroxylation is 2. The highest BCUT2D eigenvalue weighted by Crippen LogP contribution is 2.47. The number of aromatic hydroxyl groups is 1. The van der Waals surface area contributed by atoms with Gasteiger partial charge in [-0.25, -0.2) is 9.97 Å². The number of phenolic OH excluding ortho intramolecular Hbond substituents is 1. The second-order valence-electron chi connectivity index (χ2n) is 7.66. The molecule has 0 saturated heterocycles. The van der Waals surface area contributed by atoms with Crippen LogP contribution in [0.1, 0.15) is 29.0 Å². The number of benzene rings is 2. The molecule has 32 heavy (non-hydrogen) atoms. The number of phenols is 1. The molecule has 0 amide bonds. The molecule has 0 spiro atoms. The summed E-state index contributed by atoms with van der Waals surface area (Å²) in [6.07, 6.45) is 7.94. The van der Waals surface area contributed by atoms with Crippen LogP contribution in [0.3, 0.4) is 0 Å². The molecule has 162 valence electrons. The smallest absolute Gasteiger partial charge is 0.228 e. The molecule has 1 unspecified atom stereocenters. The van der Waals surface area contributed by atoms with Crippen LogP contribution in [-0.4, -0.2) is 31.3 Å². The summed E-state index contributed by atoms with van der Waals surface area (Å²) in [5.41, 5.74) is 2.79. The molecule has 0 saturated carbocycles. The van der Waals surface area contributed by atoms with Crippen LogP contribution < -0.4 is 15.0 Å². The van der Waals surface area contributed by atoms with Crippen LogP contribution in [0.25, 0.3) is 0 Å². The van der Waals surface area contributed by atoms with Gasteiger partial charge in [0.25, 0.3) is 0 Å². The van der Waals surface area contributed by atoms with E-state index in [1.54, 1.807) is 38.1 Å². The summed E-state index contributed by atoms with van der Waals surface area (Å²) in [6.45, 7) is 1.44. The van der Waals surface area contributed by atoms with Crippen LogP contribution in [0, 0.1) is 5.41 Å². The lowest BCUT2D eigenvalue weighted by Gasteiger charge is -2.29. The molecule has 5 rings (SSSR count). The van der Waals surface area contributed by atoms with E-state index in [4.69, 9.17) is 14.9 Å². The Morgan fingerprint density at radius 1 is 1.12 bits per heavy atom. The van der Waals surface area contributed by atoms with Gasteiger partial charge < -0.3 is 23.7 Å². The zero-order chi connectivity index (χ0) is 22.1. The Morgan fingerprint density at radius 3 is 2.81 bits per heavy atom. The third-order valence-corrected chi connectivity index (χ3v) is 5.72. The van der Waals surface area contributed by atoms with Crippen molar-refractivity contribution in [2.45, 2.75) is 25.4 Å². The highest BCUT2D eigenvalue weighted by atomic mass is 16.5. The van der Waals surface area contributed by atoms with Gasteiger partial charge in [0.1, 0.15) is 29.1 Å². The average Bonchev–Trinajstić information content (AvgIpc) is 3.32. The van der Waals surface area contributed by atoms with Crippen molar-refractivity contribution in [1.82, 2.24) is 19.1 Å². The molecule has 3 heterocycles. The van der Waals surface area contributed by atoms with E-state index in [9.17, 15) is 5.11 Å². The van der Waals surface area contributed by atoms with E-state index >= 15 is 0 Å². The normalized spacial score (nSPS) is 14.3. The SMILES string of the molecule is COc1ccccc1C1c2ccc(O)cc2Oc2ncn(CCCn3ccnc3)c(=N)c21. The molecular formula is C24H23N5O3. The lowest BCUT2D eigenvalue weighted by molar-refractivity contribution is 0.397. The average molecular weight is 429 g/mol. The van der Waals surface area contributed by atoms with Gasteiger partial charge in [0.05, 0.1) is 24.9 Å². The van der Waals surface area contributed by atoms with E-state index in [1.807, 2.05) is 45.7 Å². The molecule has 8 nitrogen and oxygen atoms in total. The highest BCUT2D eigenvalue weighted by molar-refractivity contribution is 5.59. The minimum Gasteiger partial charge on any atom is -0.508 e. The Bertz CT molecular complexity index is 1310. The minimum atomic E-state index is -0.313. The molecule has 4 aromatic rings. The molecule has 2 aromatic heterocycles. The van der Waals surface area contributed by atoms with Gasteiger partial charge in [0.15, 0.2) is 0 Å². The van der Waals surface area contributed by atoms with Gasteiger partial charge in [-0.2, -0.15) is 0 Å². The second kappa shape index (κ2) is 8.22. The van der Waals surface area contributed by atoms with Crippen molar-refractivity contribution >= 4 is 0 Å². The number of nitrogens with one attached hydrogen (secondary N) is 1. The van der Waals surface area contributed by atoms with E-state index in [0.29, 0.717) is 29.2 Å². The van der Waals surface area contributed by atoms with Crippen molar-refractivity contribution in [3.05, 3.63) is 89.7 Å². The van der Waals surface area contributed by atoms with Crippen molar-refractivity contribution < 1.29 is 14.6 Å². The zero-order valence-corrected chi connectivity index (χ0v) is 17.6. The van der Waals surface area contributed by atoms with E-state index in [2.05, 4.69) is 9.97 Å². The quantitative estimate of drug-likeness (QED) is 0.429. The van der Waals surface area contributed by atoms with Crippen molar-refractivity contribution in [1.29, 1.82) is 5.41 Å². The highest BCUT2D eigenvalue weighted by Gasteiger charge is 2.33. The summed E-state index contributed by atoms with van der Waals surface area (Å²) in [4.78, 5) is 8.61. The minimum absolute atomic E-state index is 0.113. The van der Waals surface area contributed by atoms with Crippen LogP contribution in [0.4, 0.5) is 0 Å². The van der Waals surface area contributed by atoms with Crippen LogP contribution in [0.15, 0.2) is 67.5 Å². The maximum absolute atomic E-state index is 10.00. The number of hydrogen-bond donors (Lipinski definition) is 2. The van der Waals surface area contributed by atoms with Crippen molar-refractivity contribution in [2.75, 3.05) is 7.11 Å². The number of hydrogen-bond acceptors (Lipinski definition) is 6. The summed E-state index contributed by atoms with van der Waals surface area (Å²) in [5, 5.41) is 19.0. The largest absolute Gasteiger partial charge is 0.508 e. The molecule has 0 aliphatic carbocycles. The van der Waals surface area contributed by atoms with Crippen LogP contribution in [-0.2, 0) is 13.1 Å². The molecule has 0 fully saturated rings.